The van der Waals surface area contributed by atoms with Crippen LogP contribution in [0.3, 0.4) is 0 Å². The zero-order valence-electron chi connectivity index (χ0n) is 20.3. The normalized spacial score (nSPS) is 14.8. The summed E-state index contributed by atoms with van der Waals surface area (Å²) in [6, 6.07) is 25.9. The van der Waals surface area contributed by atoms with Crippen molar-refractivity contribution in [1.82, 2.24) is 4.98 Å². The molecular formula is C30H29NO5. The lowest BCUT2D eigenvalue weighted by atomic mass is 9.88. The van der Waals surface area contributed by atoms with Crippen LogP contribution in [0.4, 0.5) is 0 Å². The molecule has 1 aliphatic rings. The number of ether oxygens (including phenoxy) is 3. The van der Waals surface area contributed by atoms with Gasteiger partial charge >= 0.3 is 5.97 Å². The summed E-state index contributed by atoms with van der Waals surface area (Å²) in [5, 5.41) is 0. The van der Waals surface area contributed by atoms with Gasteiger partial charge in [-0.2, -0.15) is 0 Å². The summed E-state index contributed by atoms with van der Waals surface area (Å²) in [5.41, 5.74) is 4.94. The molecule has 0 saturated carbocycles. The number of hydrogen-bond donors (Lipinski definition) is 0. The van der Waals surface area contributed by atoms with Crippen LogP contribution in [-0.4, -0.2) is 24.2 Å². The Morgan fingerprint density at radius 1 is 0.972 bits per heavy atom. The number of oxazole rings is 1. The highest BCUT2D eigenvalue weighted by atomic mass is 16.6. The van der Waals surface area contributed by atoms with Gasteiger partial charge in [-0.05, 0) is 43.4 Å². The quantitative estimate of drug-likeness (QED) is 0.252. The molecule has 1 heterocycles. The van der Waals surface area contributed by atoms with Crippen LogP contribution in [0.5, 0.6) is 5.75 Å². The van der Waals surface area contributed by atoms with E-state index in [4.69, 9.17) is 23.6 Å². The summed E-state index contributed by atoms with van der Waals surface area (Å²) < 4.78 is 23.4. The van der Waals surface area contributed by atoms with Crippen LogP contribution < -0.4 is 4.74 Å². The first-order chi connectivity index (χ1) is 17.7. The second-order valence-electron chi connectivity index (χ2n) is 8.63. The highest BCUT2D eigenvalue weighted by molar-refractivity contribution is 5.76. The molecule has 0 aliphatic heterocycles. The summed E-state index contributed by atoms with van der Waals surface area (Å²) in [6.07, 6.45) is 2.63. The first-order valence-electron chi connectivity index (χ1n) is 12.3. The molecule has 6 nitrogen and oxygen atoms in total. The molecule has 0 saturated heterocycles. The maximum Gasteiger partial charge on any atom is 0.344 e. The predicted octanol–water partition coefficient (Wildman–Crippen LogP) is 6.54. The van der Waals surface area contributed by atoms with Crippen LogP contribution in [0.15, 0.2) is 83.3 Å². The number of fused-ring (bicyclic) bond motifs is 1. The van der Waals surface area contributed by atoms with Crippen LogP contribution in [0.2, 0.25) is 0 Å². The Morgan fingerprint density at radius 2 is 1.72 bits per heavy atom. The second-order valence-corrected chi connectivity index (χ2v) is 8.63. The molecular weight excluding hydrogens is 454 g/mol. The maximum absolute atomic E-state index is 11.8. The fraction of sp³-hybridized carbons (Fsp3) is 0.267. The standard InChI is InChI=1S/C30H29NO5/c1-2-33-28(32)20-35-26-18-10-15-23-24(26)16-9-17-25(23)34-19-27-31-29(21-11-5-3-6-12-21)30(36-27)22-13-7-4-8-14-22/h3-8,10-15,18,25H,2,9,16-17,19-20H2,1H3/t25-/m1/s1. The van der Waals surface area contributed by atoms with E-state index in [2.05, 4.69) is 6.07 Å². The van der Waals surface area contributed by atoms with Gasteiger partial charge in [-0.1, -0.05) is 72.8 Å². The monoisotopic (exact) mass is 483 g/mol. The van der Waals surface area contributed by atoms with Gasteiger partial charge in [0.1, 0.15) is 18.1 Å². The van der Waals surface area contributed by atoms with Crippen molar-refractivity contribution in [2.45, 2.75) is 38.9 Å². The van der Waals surface area contributed by atoms with E-state index in [0.717, 1.165) is 53.0 Å². The molecule has 4 aromatic rings. The average molecular weight is 484 g/mol. The third-order valence-corrected chi connectivity index (χ3v) is 6.22. The van der Waals surface area contributed by atoms with Crippen LogP contribution in [-0.2, 0) is 27.3 Å². The van der Waals surface area contributed by atoms with E-state index in [1.807, 2.05) is 72.8 Å². The van der Waals surface area contributed by atoms with Gasteiger partial charge < -0.3 is 18.6 Å². The molecule has 5 rings (SSSR count). The third-order valence-electron chi connectivity index (χ3n) is 6.22. The number of carbonyl (C=O) groups is 1. The fourth-order valence-electron chi connectivity index (χ4n) is 4.59. The molecule has 0 fully saturated rings. The lowest BCUT2D eigenvalue weighted by Crippen LogP contribution is -2.18. The van der Waals surface area contributed by atoms with Crippen LogP contribution in [0, 0.1) is 0 Å². The molecule has 36 heavy (non-hydrogen) atoms. The molecule has 0 N–H and O–H groups in total. The number of hydrogen-bond acceptors (Lipinski definition) is 6. The van der Waals surface area contributed by atoms with Crippen LogP contribution in [0.1, 0.15) is 42.9 Å². The van der Waals surface area contributed by atoms with Gasteiger partial charge in [0, 0.05) is 11.1 Å². The van der Waals surface area contributed by atoms with Gasteiger partial charge in [-0.3, -0.25) is 0 Å². The Labute approximate surface area is 210 Å². The van der Waals surface area contributed by atoms with E-state index < -0.39 is 0 Å². The molecule has 0 unspecified atom stereocenters. The Kier molecular flexibility index (Phi) is 7.43. The Balaban J connectivity index is 1.35. The van der Waals surface area contributed by atoms with Crippen molar-refractivity contribution < 1.29 is 23.4 Å². The topological polar surface area (TPSA) is 70.8 Å². The van der Waals surface area contributed by atoms with Crippen molar-refractivity contribution >= 4 is 5.97 Å². The molecule has 184 valence electrons. The maximum atomic E-state index is 11.8. The number of carbonyl (C=O) groups excluding carboxylic acids is 1. The molecule has 0 spiro atoms. The first-order valence-corrected chi connectivity index (χ1v) is 12.3. The van der Waals surface area contributed by atoms with Gasteiger partial charge in [-0.15, -0.1) is 0 Å². The lowest BCUT2D eigenvalue weighted by Gasteiger charge is -2.27. The summed E-state index contributed by atoms with van der Waals surface area (Å²) in [4.78, 5) is 16.6. The largest absolute Gasteiger partial charge is 0.482 e. The van der Waals surface area contributed by atoms with E-state index in [-0.39, 0.29) is 25.3 Å². The zero-order valence-corrected chi connectivity index (χ0v) is 20.3. The molecule has 1 atom stereocenters. The van der Waals surface area contributed by atoms with E-state index in [1.54, 1.807) is 6.92 Å². The minimum absolute atomic E-state index is 0.101. The summed E-state index contributed by atoms with van der Waals surface area (Å²) in [6.45, 7) is 2.27. The minimum atomic E-state index is -0.369. The van der Waals surface area contributed by atoms with Crippen molar-refractivity contribution in [3.8, 4) is 28.3 Å². The fourth-order valence-corrected chi connectivity index (χ4v) is 4.59. The van der Waals surface area contributed by atoms with E-state index >= 15 is 0 Å². The Hall–Kier alpha value is -3.90. The number of esters is 1. The highest BCUT2D eigenvalue weighted by Crippen LogP contribution is 2.38. The summed E-state index contributed by atoms with van der Waals surface area (Å²) >= 11 is 0. The zero-order chi connectivity index (χ0) is 24.7. The Morgan fingerprint density at radius 3 is 2.47 bits per heavy atom. The van der Waals surface area contributed by atoms with Crippen LogP contribution >= 0.6 is 0 Å². The molecule has 6 heteroatoms. The van der Waals surface area contributed by atoms with Crippen molar-refractivity contribution in [2.75, 3.05) is 13.2 Å². The van der Waals surface area contributed by atoms with Crippen molar-refractivity contribution in [2.24, 2.45) is 0 Å². The average Bonchev–Trinajstić information content (AvgIpc) is 3.36. The van der Waals surface area contributed by atoms with Gasteiger partial charge in [0.25, 0.3) is 0 Å². The first kappa shape index (κ1) is 23.8. The summed E-state index contributed by atoms with van der Waals surface area (Å²) in [5.74, 6) is 1.61. The molecule has 0 bridgehead atoms. The Bertz CT molecular complexity index is 1240. The highest BCUT2D eigenvalue weighted by Gasteiger charge is 2.25. The van der Waals surface area contributed by atoms with Crippen molar-refractivity contribution in [1.29, 1.82) is 0 Å². The third kappa shape index (κ3) is 5.34. The molecule has 0 amide bonds. The minimum Gasteiger partial charge on any atom is -0.482 e. The number of aromatic nitrogens is 1. The molecule has 3 aromatic carbocycles. The number of benzene rings is 3. The number of nitrogens with zero attached hydrogens (tertiary/aromatic N) is 1. The number of rotatable bonds is 9. The SMILES string of the molecule is CCOC(=O)COc1cccc2c1CCC[C@H]2OCc1nc(-c2ccccc2)c(-c2ccccc2)o1. The van der Waals surface area contributed by atoms with Gasteiger partial charge in [0.15, 0.2) is 12.4 Å². The second kappa shape index (κ2) is 11.2. The van der Waals surface area contributed by atoms with E-state index in [9.17, 15) is 4.79 Å². The van der Waals surface area contributed by atoms with E-state index in [1.165, 1.54) is 0 Å². The van der Waals surface area contributed by atoms with Gasteiger partial charge in [-0.25, -0.2) is 9.78 Å². The summed E-state index contributed by atoms with van der Waals surface area (Å²) in [7, 11) is 0. The van der Waals surface area contributed by atoms with Gasteiger partial charge in [0.2, 0.25) is 5.89 Å². The molecule has 0 radical (unpaired) electrons. The van der Waals surface area contributed by atoms with E-state index in [0.29, 0.717) is 18.2 Å². The molecule has 1 aromatic heterocycles. The lowest BCUT2D eigenvalue weighted by molar-refractivity contribution is -0.145. The predicted molar refractivity (Wildman–Crippen MR) is 136 cm³/mol. The smallest absolute Gasteiger partial charge is 0.344 e. The van der Waals surface area contributed by atoms with Crippen molar-refractivity contribution in [3.05, 3.63) is 95.9 Å². The van der Waals surface area contributed by atoms with Gasteiger partial charge in [0.05, 0.1) is 12.7 Å². The molecule has 1 aliphatic carbocycles. The van der Waals surface area contributed by atoms with Crippen molar-refractivity contribution in [3.63, 3.8) is 0 Å². The van der Waals surface area contributed by atoms with Crippen LogP contribution in [0.25, 0.3) is 22.6 Å².